The highest BCUT2D eigenvalue weighted by Crippen LogP contribution is 2.41. The second kappa shape index (κ2) is 9.29. The number of nitrogens with zero attached hydrogens (tertiary/aromatic N) is 3. The fourth-order valence-corrected chi connectivity index (χ4v) is 2.93. The highest BCUT2D eigenvalue weighted by Gasteiger charge is 2.22. The van der Waals surface area contributed by atoms with Crippen molar-refractivity contribution >= 4 is 23.1 Å². The Morgan fingerprint density at radius 3 is 2.52 bits per heavy atom. The van der Waals surface area contributed by atoms with Gasteiger partial charge in [-0.25, -0.2) is 4.39 Å². The second-order valence-electron chi connectivity index (χ2n) is 5.76. The highest BCUT2D eigenvalue weighted by atomic mass is 35.5. The largest absolute Gasteiger partial charge is 0.294 e. The number of terminal acetylenes is 1. The summed E-state index contributed by atoms with van der Waals surface area (Å²) >= 11 is 6.33. The van der Waals surface area contributed by atoms with Gasteiger partial charge in [0.2, 0.25) is 0 Å². The molecule has 0 fully saturated rings. The Labute approximate surface area is 164 Å². The smallest absolute Gasteiger partial charge is 0.163 e. The van der Waals surface area contributed by atoms with Crippen molar-refractivity contribution in [1.82, 2.24) is 5.01 Å². The van der Waals surface area contributed by atoms with Crippen LogP contribution in [-0.4, -0.2) is 23.9 Å². The summed E-state index contributed by atoms with van der Waals surface area (Å²) < 4.78 is 13.9. The maximum Gasteiger partial charge on any atom is 0.163 e. The summed E-state index contributed by atoms with van der Waals surface area (Å²) in [5, 5.41) is 10.5. The molecule has 0 bridgehead atoms. The van der Waals surface area contributed by atoms with Crippen LogP contribution in [0.4, 0.5) is 10.1 Å². The van der Waals surface area contributed by atoms with E-state index in [9.17, 15) is 9.18 Å². The minimum Gasteiger partial charge on any atom is -0.294 e. The molecule has 2 rings (SSSR count). The molecule has 140 valence electrons. The molecule has 0 saturated carbocycles. The standard InChI is InChI=1S/C21H21ClFN3O/c1-5-16-18(22)13-17(19(27)6-2)20(14-10-9-11-15(23)12-14)21(16)24-25-26(7-3)8-4/h1,9-13H,6-8H2,2-4H3. The predicted octanol–water partition coefficient (Wildman–Crippen LogP) is 6.06. The minimum absolute atomic E-state index is 0.140. The fourth-order valence-electron chi connectivity index (χ4n) is 2.68. The number of benzene rings is 2. The molecular formula is C21H21ClFN3O. The van der Waals surface area contributed by atoms with Gasteiger partial charge in [-0.05, 0) is 37.6 Å². The van der Waals surface area contributed by atoms with Crippen molar-refractivity contribution in [3.63, 3.8) is 0 Å². The number of halogens is 2. The Balaban J connectivity index is 2.87. The molecule has 0 aliphatic carbocycles. The van der Waals surface area contributed by atoms with Crippen LogP contribution >= 0.6 is 11.6 Å². The van der Waals surface area contributed by atoms with Crippen LogP contribution in [0.2, 0.25) is 5.02 Å². The summed E-state index contributed by atoms with van der Waals surface area (Å²) in [5.41, 5.74) is 1.89. The first kappa shape index (κ1) is 20.6. The third kappa shape index (κ3) is 4.53. The number of hydrogen-bond donors (Lipinski definition) is 0. The normalized spacial score (nSPS) is 10.8. The molecule has 0 aliphatic rings. The van der Waals surface area contributed by atoms with E-state index in [-0.39, 0.29) is 17.2 Å². The Morgan fingerprint density at radius 2 is 1.96 bits per heavy atom. The molecular weight excluding hydrogens is 365 g/mol. The quantitative estimate of drug-likeness (QED) is 0.251. The Hall–Kier alpha value is -2.71. The van der Waals surface area contributed by atoms with Gasteiger partial charge in [0.05, 0.1) is 10.6 Å². The van der Waals surface area contributed by atoms with E-state index in [0.29, 0.717) is 41.0 Å². The van der Waals surface area contributed by atoms with Crippen molar-refractivity contribution in [1.29, 1.82) is 0 Å². The maximum absolute atomic E-state index is 13.9. The summed E-state index contributed by atoms with van der Waals surface area (Å²) in [7, 11) is 0. The van der Waals surface area contributed by atoms with Gasteiger partial charge in [0.15, 0.2) is 5.78 Å². The minimum atomic E-state index is -0.425. The SMILES string of the molecule is C#Cc1c(Cl)cc(C(=O)CC)c(-c2cccc(F)c2)c1N=NN(CC)CC. The number of carbonyl (C=O) groups is 1. The molecule has 0 amide bonds. The Morgan fingerprint density at radius 1 is 1.26 bits per heavy atom. The van der Waals surface area contributed by atoms with E-state index in [2.05, 4.69) is 16.3 Å². The van der Waals surface area contributed by atoms with Gasteiger partial charge in [0.1, 0.15) is 11.5 Å². The van der Waals surface area contributed by atoms with E-state index in [1.54, 1.807) is 24.1 Å². The molecule has 0 spiro atoms. The highest BCUT2D eigenvalue weighted by molar-refractivity contribution is 6.33. The third-order valence-electron chi connectivity index (χ3n) is 4.13. The first-order valence-electron chi connectivity index (χ1n) is 8.75. The van der Waals surface area contributed by atoms with Crippen LogP contribution in [0, 0.1) is 18.2 Å². The van der Waals surface area contributed by atoms with Gasteiger partial charge in [-0.1, -0.05) is 41.8 Å². The van der Waals surface area contributed by atoms with E-state index in [1.807, 2.05) is 13.8 Å². The van der Waals surface area contributed by atoms with Crippen LogP contribution in [0.25, 0.3) is 11.1 Å². The van der Waals surface area contributed by atoms with Gasteiger partial charge in [0.25, 0.3) is 0 Å². The van der Waals surface area contributed by atoms with Crippen LogP contribution in [0.15, 0.2) is 40.7 Å². The number of rotatable bonds is 7. The predicted molar refractivity (Wildman–Crippen MR) is 107 cm³/mol. The first-order valence-corrected chi connectivity index (χ1v) is 9.13. The Bertz CT molecular complexity index is 914. The lowest BCUT2D eigenvalue weighted by Gasteiger charge is -2.16. The van der Waals surface area contributed by atoms with Gasteiger partial charge in [-0.3, -0.25) is 9.80 Å². The molecule has 0 saturated heterocycles. The van der Waals surface area contributed by atoms with Crippen molar-refractivity contribution in [2.75, 3.05) is 13.1 Å². The summed E-state index contributed by atoms with van der Waals surface area (Å²) in [5.74, 6) is 1.96. The molecule has 0 N–H and O–H groups in total. The maximum atomic E-state index is 13.9. The number of carbonyl (C=O) groups excluding carboxylic acids is 1. The summed E-state index contributed by atoms with van der Waals surface area (Å²) in [6.07, 6.45) is 5.91. The monoisotopic (exact) mass is 385 g/mol. The fraction of sp³-hybridized carbons (Fsp3) is 0.286. The average Bonchev–Trinajstić information content (AvgIpc) is 2.67. The molecule has 4 nitrogen and oxygen atoms in total. The van der Waals surface area contributed by atoms with Crippen LogP contribution in [-0.2, 0) is 0 Å². The lowest BCUT2D eigenvalue weighted by atomic mass is 9.92. The van der Waals surface area contributed by atoms with Crippen molar-refractivity contribution in [3.8, 4) is 23.5 Å². The average molecular weight is 386 g/mol. The van der Waals surface area contributed by atoms with E-state index < -0.39 is 5.82 Å². The summed E-state index contributed by atoms with van der Waals surface area (Å²) in [6.45, 7) is 6.95. The van der Waals surface area contributed by atoms with Crippen molar-refractivity contribution in [3.05, 3.63) is 52.3 Å². The van der Waals surface area contributed by atoms with Gasteiger partial charge in [-0.15, -0.1) is 11.5 Å². The zero-order valence-electron chi connectivity index (χ0n) is 15.6. The molecule has 2 aromatic carbocycles. The van der Waals surface area contributed by atoms with Crippen LogP contribution in [0.3, 0.4) is 0 Å². The molecule has 27 heavy (non-hydrogen) atoms. The lowest BCUT2D eigenvalue weighted by molar-refractivity contribution is 0.0989. The van der Waals surface area contributed by atoms with Crippen molar-refractivity contribution < 1.29 is 9.18 Å². The number of ketones is 1. The zero-order valence-corrected chi connectivity index (χ0v) is 16.3. The second-order valence-corrected chi connectivity index (χ2v) is 6.17. The van der Waals surface area contributed by atoms with Gasteiger partial charge < -0.3 is 0 Å². The summed E-state index contributed by atoms with van der Waals surface area (Å²) in [6, 6.07) is 7.47. The van der Waals surface area contributed by atoms with Crippen LogP contribution in [0.1, 0.15) is 43.1 Å². The molecule has 0 radical (unpaired) electrons. The number of hydrogen-bond acceptors (Lipinski definition) is 3. The molecule has 2 aromatic rings. The van der Waals surface area contributed by atoms with Crippen molar-refractivity contribution in [2.24, 2.45) is 10.3 Å². The van der Waals surface area contributed by atoms with E-state index in [0.717, 1.165) is 0 Å². The number of Topliss-reactive ketones (excluding diaryl/α,β-unsaturated/α-hetero) is 1. The lowest BCUT2D eigenvalue weighted by Crippen LogP contribution is -2.14. The van der Waals surface area contributed by atoms with Gasteiger partial charge >= 0.3 is 0 Å². The Kier molecular flexibility index (Phi) is 7.09. The topological polar surface area (TPSA) is 45.0 Å². The molecule has 0 aromatic heterocycles. The van der Waals surface area contributed by atoms with Crippen LogP contribution < -0.4 is 0 Å². The van der Waals surface area contributed by atoms with Crippen LogP contribution in [0.5, 0.6) is 0 Å². The van der Waals surface area contributed by atoms with Gasteiger partial charge in [0, 0.05) is 30.6 Å². The van der Waals surface area contributed by atoms with Gasteiger partial charge in [-0.2, -0.15) is 0 Å². The molecule has 0 heterocycles. The first-order chi connectivity index (χ1) is 13.0. The molecule has 6 heteroatoms. The molecule has 0 aliphatic heterocycles. The third-order valence-corrected chi connectivity index (χ3v) is 4.43. The zero-order chi connectivity index (χ0) is 20.0. The summed E-state index contributed by atoms with van der Waals surface area (Å²) in [4.78, 5) is 12.6. The van der Waals surface area contributed by atoms with E-state index in [4.69, 9.17) is 18.0 Å². The molecule has 0 unspecified atom stereocenters. The van der Waals surface area contributed by atoms with E-state index in [1.165, 1.54) is 18.2 Å². The van der Waals surface area contributed by atoms with E-state index >= 15 is 0 Å². The molecule has 0 atom stereocenters. The van der Waals surface area contributed by atoms with Crippen molar-refractivity contribution in [2.45, 2.75) is 27.2 Å².